The quantitative estimate of drug-likeness (QED) is 0.439. The molecule has 4 rings (SSSR count). The molecule has 0 atom stereocenters. The SMILES string of the molecule is CN(C(=O)CSc1nnc(-c2cccnc2)n1-c1ccc(Cl)c(Cl)c1)C1CCCCC1. The fourth-order valence-corrected chi connectivity index (χ4v) is 4.97. The van der Waals surface area contributed by atoms with Crippen molar-refractivity contribution < 1.29 is 4.79 Å². The van der Waals surface area contributed by atoms with Gasteiger partial charge in [0, 0.05) is 31.0 Å². The first-order valence-electron chi connectivity index (χ1n) is 10.2. The van der Waals surface area contributed by atoms with Gasteiger partial charge in [0.25, 0.3) is 0 Å². The zero-order valence-electron chi connectivity index (χ0n) is 17.2. The Bertz CT molecular complexity index is 1050. The lowest BCUT2D eigenvalue weighted by atomic mass is 9.94. The largest absolute Gasteiger partial charge is 0.342 e. The van der Waals surface area contributed by atoms with Crippen LogP contribution in [0.1, 0.15) is 32.1 Å². The summed E-state index contributed by atoms with van der Waals surface area (Å²) in [4.78, 5) is 18.9. The molecule has 1 aliphatic carbocycles. The molecular weight excluding hydrogens is 453 g/mol. The predicted molar refractivity (Wildman–Crippen MR) is 125 cm³/mol. The summed E-state index contributed by atoms with van der Waals surface area (Å²) in [5, 5.41) is 10.3. The van der Waals surface area contributed by atoms with Gasteiger partial charge in [0.05, 0.1) is 21.5 Å². The summed E-state index contributed by atoms with van der Waals surface area (Å²) in [7, 11) is 1.91. The fourth-order valence-electron chi connectivity index (χ4n) is 3.80. The first-order valence-corrected chi connectivity index (χ1v) is 12.0. The summed E-state index contributed by atoms with van der Waals surface area (Å²) in [5.41, 5.74) is 1.59. The lowest BCUT2D eigenvalue weighted by Crippen LogP contribution is -2.39. The summed E-state index contributed by atoms with van der Waals surface area (Å²) < 4.78 is 1.89. The van der Waals surface area contributed by atoms with E-state index in [2.05, 4.69) is 15.2 Å². The number of rotatable bonds is 6. The Morgan fingerprint density at radius 2 is 1.97 bits per heavy atom. The van der Waals surface area contributed by atoms with Crippen LogP contribution in [-0.4, -0.2) is 49.4 Å². The molecule has 0 unspecified atom stereocenters. The molecule has 0 aliphatic heterocycles. The average Bonchev–Trinajstić information content (AvgIpc) is 3.24. The van der Waals surface area contributed by atoms with Gasteiger partial charge in [0.15, 0.2) is 11.0 Å². The highest BCUT2D eigenvalue weighted by atomic mass is 35.5. The number of nitrogens with zero attached hydrogens (tertiary/aromatic N) is 5. The number of carbonyl (C=O) groups excluding carboxylic acids is 1. The third kappa shape index (κ3) is 5.05. The smallest absolute Gasteiger partial charge is 0.233 e. The minimum atomic E-state index is 0.100. The third-order valence-electron chi connectivity index (χ3n) is 5.56. The van der Waals surface area contributed by atoms with Gasteiger partial charge in [-0.05, 0) is 43.2 Å². The number of benzene rings is 1. The van der Waals surface area contributed by atoms with E-state index in [1.807, 2.05) is 34.7 Å². The number of thioether (sulfide) groups is 1. The molecule has 0 bridgehead atoms. The van der Waals surface area contributed by atoms with Crippen LogP contribution in [0, 0.1) is 0 Å². The van der Waals surface area contributed by atoms with Gasteiger partial charge in [-0.2, -0.15) is 0 Å². The maximum atomic E-state index is 12.8. The average molecular weight is 476 g/mol. The van der Waals surface area contributed by atoms with Crippen LogP contribution < -0.4 is 0 Å². The molecule has 0 spiro atoms. The van der Waals surface area contributed by atoms with Crippen molar-refractivity contribution in [3.05, 3.63) is 52.8 Å². The highest BCUT2D eigenvalue weighted by Gasteiger charge is 2.23. The molecule has 2 heterocycles. The van der Waals surface area contributed by atoms with Crippen molar-refractivity contribution in [2.24, 2.45) is 0 Å². The van der Waals surface area contributed by atoms with Gasteiger partial charge < -0.3 is 4.90 Å². The molecule has 1 saturated carbocycles. The molecule has 162 valence electrons. The first-order chi connectivity index (χ1) is 15.0. The molecule has 1 aliphatic rings. The third-order valence-corrected chi connectivity index (χ3v) is 7.21. The van der Waals surface area contributed by atoms with Crippen LogP contribution in [0.4, 0.5) is 0 Å². The van der Waals surface area contributed by atoms with Crippen molar-refractivity contribution in [1.29, 1.82) is 0 Å². The van der Waals surface area contributed by atoms with Crippen LogP contribution >= 0.6 is 35.0 Å². The highest BCUT2D eigenvalue weighted by molar-refractivity contribution is 7.99. The number of hydrogen-bond donors (Lipinski definition) is 0. The molecule has 3 aromatic rings. The molecule has 9 heteroatoms. The normalized spacial score (nSPS) is 14.5. The molecule has 6 nitrogen and oxygen atoms in total. The molecular formula is C22H23Cl2N5OS. The molecule has 1 amide bonds. The second-order valence-corrected chi connectivity index (χ2v) is 9.32. The second kappa shape index (κ2) is 10.0. The molecule has 2 aromatic heterocycles. The summed E-state index contributed by atoms with van der Waals surface area (Å²) in [5.74, 6) is 1.02. The summed E-state index contributed by atoms with van der Waals surface area (Å²) in [6, 6.07) is 9.47. The predicted octanol–water partition coefficient (Wildman–Crippen LogP) is 5.52. The van der Waals surface area contributed by atoms with Crippen LogP contribution in [0.5, 0.6) is 0 Å². The van der Waals surface area contributed by atoms with Crippen LogP contribution in [-0.2, 0) is 4.79 Å². The van der Waals surface area contributed by atoms with E-state index in [0.29, 0.717) is 32.8 Å². The summed E-state index contributed by atoms with van der Waals surface area (Å²) in [6.45, 7) is 0. The topological polar surface area (TPSA) is 63.9 Å². The lowest BCUT2D eigenvalue weighted by molar-refractivity contribution is -0.129. The Kier molecular flexibility index (Phi) is 7.15. The van der Waals surface area contributed by atoms with Gasteiger partial charge in [-0.1, -0.05) is 54.2 Å². The second-order valence-electron chi connectivity index (χ2n) is 7.57. The Morgan fingerprint density at radius 1 is 1.16 bits per heavy atom. The van der Waals surface area contributed by atoms with Crippen molar-refractivity contribution >= 4 is 40.9 Å². The van der Waals surface area contributed by atoms with Crippen molar-refractivity contribution in [1.82, 2.24) is 24.6 Å². The minimum absolute atomic E-state index is 0.100. The Hall–Kier alpha value is -2.09. The van der Waals surface area contributed by atoms with E-state index in [0.717, 1.165) is 24.1 Å². The van der Waals surface area contributed by atoms with Gasteiger partial charge >= 0.3 is 0 Å². The van der Waals surface area contributed by atoms with Gasteiger partial charge in [-0.25, -0.2) is 0 Å². The van der Waals surface area contributed by atoms with Crippen molar-refractivity contribution in [3.63, 3.8) is 0 Å². The molecule has 31 heavy (non-hydrogen) atoms. The van der Waals surface area contributed by atoms with Gasteiger partial charge in [-0.3, -0.25) is 14.3 Å². The fraction of sp³-hybridized carbons (Fsp3) is 0.364. The van der Waals surface area contributed by atoms with Gasteiger partial charge in [0.1, 0.15) is 0 Å². The Morgan fingerprint density at radius 3 is 2.68 bits per heavy atom. The lowest BCUT2D eigenvalue weighted by Gasteiger charge is -2.31. The van der Waals surface area contributed by atoms with E-state index >= 15 is 0 Å². The number of pyridine rings is 1. The van der Waals surface area contributed by atoms with Crippen molar-refractivity contribution in [3.8, 4) is 17.1 Å². The van der Waals surface area contributed by atoms with Crippen LogP contribution in [0.25, 0.3) is 17.1 Å². The summed E-state index contributed by atoms with van der Waals surface area (Å²) in [6.07, 6.45) is 9.24. The van der Waals surface area contributed by atoms with E-state index in [9.17, 15) is 4.79 Å². The molecule has 0 saturated heterocycles. The zero-order valence-corrected chi connectivity index (χ0v) is 19.5. The molecule has 0 radical (unpaired) electrons. The number of amides is 1. The summed E-state index contributed by atoms with van der Waals surface area (Å²) >= 11 is 13.8. The number of halogens is 2. The minimum Gasteiger partial charge on any atom is -0.342 e. The Balaban J connectivity index is 1.60. The van der Waals surface area contributed by atoms with Crippen LogP contribution in [0.2, 0.25) is 10.0 Å². The maximum absolute atomic E-state index is 12.8. The zero-order chi connectivity index (χ0) is 21.8. The van der Waals surface area contributed by atoms with Crippen molar-refractivity contribution in [2.75, 3.05) is 12.8 Å². The van der Waals surface area contributed by atoms with E-state index in [1.165, 1.54) is 31.0 Å². The standard InChI is InChI=1S/C22H23Cl2N5OS/c1-28(16-7-3-2-4-8-16)20(30)14-31-22-27-26-21(15-6-5-11-25-13-15)29(22)17-9-10-18(23)19(24)12-17/h5-6,9-13,16H,2-4,7-8,14H2,1H3. The van der Waals surface area contributed by atoms with Crippen molar-refractivity contribution in [2.45, 2.75) is 43.3 Å². The molecule has 1 fully saturated rings. The first kappa shape index (κ1) is 22.1. The maximum Gasteiger partial charge on any atom is 0.233 e. The number of aromatic nitrogens is 4. The van der Waals surface area contributed by atoms with Crippen LogP contribution in [0.3, 0.4) is 0 Å². The van der Waals surface area contributed by atoms with E-state index in [4.69, 9.17) is 23.2 Å². The molecule has 1 aromatic carbocycles. The van der Waals surface area contributed by atoms with Gasteiger partial charge in [-0.15, -0.1) is 10.2 Å². The Labute approximate surface area is 196 Å². The number of hydrogen-bond acceptors (Lipinski definition) is 5. The number of carbonyl (C=O) groups is 1. The van der Waals surface area contributed by atoms with E-state index in [1.54, 1.807) is 24.5 Å². The van der Waals surface area contributed by atoms with E-state index < -0.39 is 0 Å². The van der Waals surface area contributed by atoms with Gasteiger partial charge in [0.2, 0.25) is 5.91 Å². The van der Waals surface area contributed by atoms with Crippen LogP contribution in [0.15, 0.2) is 47.9 Å². The highest BCUT2D eigenvalue weighted by Crippen LogP contribution is 2.31. The molecule has 0 N–H and O–H groups in total. The monoisotopic (exact) mass is 475 g/mol. The van der Waals surface area contributed by atoms with E-state index in [-0.39, 0.29) is 5.91 Å².